The van der Waals surface area contributed by atoms with Crippen LogP contribution >= 0.6 is 0 Å². The van der Waals surface area contributed by atoms with Crippen molar-refractivity contribution in [3.05, 3.63) is 60.2 Å². The quantitative estimate of drug-likeness (QED) is 0.491. The van der Waals surface area contributed by atoms with Gasteiger partial charge in [0.25, 0.3) is 0 Å². The zero-order valence-corrected chi connectivity index (χ0v) is 14.8. The van der Waals surface area contributed by atoms with E-state index in [0.717, 1.165) is 5.56 Å². The normalized spacial score (nSPS) is 11.7. The van der Waals surface area contributed by atoms with Crippen LogP contribution in [0.2, 0.25) is 0 Å². The van der Waals surface area contributed by atoms with E-state index >= 15 is 0 Å². The lowest BCUT2D eigenvalue weighted by molar-refractivity contribution is -0.152. The number of benzene rings is 2. The molecule has 26 heavy (non-hydrogen) atoms. The van der Waals surface area contributed by atoms with Crippen LogP contribution in [0.25, 0.3) is 0 Å². The highest BCUT2D eigenvalue weighted by molar-refractivity contribution is 5.74. The van der Waals surface area contributed by atoms with Crippen molar-refractivity contribution >= 4 is 5.97 Å². The first kappa shape index (κ1) is 19.8. The molecule has 0 bridgehead atoms. The molecule has 2 rings (SSSR count). The number of rotatable bonds is 11. The summed E-state index contributed by atoms with van der Waals surface area (Å²) >= 11 is 0. The molecule has 0 aliphatic heterocycles. The van der Waals surface area contributed by atoms with E-state index in [1.54, 1.807) is 19.1 Å². The highest BCUT2D eigenvalue weighted by Crippen LogP contribution is 2.17. The minimum absolute atomic E-state index is 0.137. The van der Waals surface area contributed by atoms with E-state index in [9.17, 15) is 9.90 Å². The van der Waals surface area contributed by atoms with Gasteiger partial charge < -0.3 is 24.1 Å². The fourth-order valence-electron chi connectivity index (χ4n) is 2.08. The number of carbonyl (C=O) groups excluding carboxylic acids is 1. The SMILES string of the molecule is CC(Oc1ccc(O)cc1)C(=O)OCCOCCOCc1ccccc1. The lowest BCUT2D eigenvalue weighted by atomic mass is 10.2. The topological polar surface area (TPSA) is 74.2 Å². The molecule has 0 aromatic heterocycles. The number of hydrogen-bond donors (Lipinski definition) is 1. The lowest BCUT2D eigenvalue weighted by Crippen LogP contribution is -2.27. The Morgan fingerprint density at radius 3 is 2.31 bits per heavy atom. The van der Waals surface area contributed by atoms with Crippen LogP contribution in [0, 0.1) is 0 Å². The number of esters is 1. The Morgan fingerprint density at radius 2 is 1.58 bits per heavy atom. The number of ether oxygens (including phenoxy) is 4. The predicted octanol–water partition coefficient (Wildman–Crippen LogP) is 2.94. The third-order valence-corrected chi connectivity index (χ3v) is 3.44. The first-order valence-electron chi connectivity index (χ1n) is 8.47. The van der Waals surface area contributed by atoms with Crippen molar-refractivity contribution in [1.82, 2.24) is 0 Å². The Hall–Kier alpha value is -2.57. The number of phenols is 1. The Bertz CT molecular complexity index is 641. The number of hydrogen-bond acceptors (Lipinski definition) is 6. The molecule has 2 aromatic rings. The van der Waals surface area contributed by atoms with E-state index < -0.39 is 12.1 Å². The summed E-state index contributed by atoms with van der Waals surface area (Å²) in [6, 6.07) is 16.0. The molecule has 1 N–H and O–H groups in total. The van der Waals surface area contributed by atoms with Gasteiger partial charge in [-0.15, -0.1) is 0 Å². The van der Waals surface area contributed by atoms with Gasteiger partial charge in [0.1, 0.15) is 18.1 Å². The first-order chi connectivity index (χ1) is 12.6. The summed E-state index contributed by atoms with van der Waals surface area (Å²) < 4.78 is 21.4. The Labute approximate surface area is 153 Å². The maximum Gasteiger partial charge on any atom is 0.347 e. The molecule has 0 aliphatic rings. The molecular formula is C20H24O6. The second-order valence-electron chi connectivity index (χ2n) is 5.57. The van der Waals surface area contributed by atoms with Gasteiger partial charge >= 0.3 is 5.97 Å². The molecule has 0 spiro atoms. The summed E-state index contributed by atoms with van der Waals surface area (Å²) in [5.41, 5.74) is 1.11. The summed E-state index contributed by atoms with van der Waals surface area (Å²) in [5.74, 6) is 0.151. The molecule has 0 radical (unpaired) electrons. The first-order valence-corrected chi connectivity index (χ1v) is 8.47. The molecule has 140 valence electrons. The third kappa shape index (κ3) is 7.55. The Kier molecular flexibility index (Phi) is 8.45. The van der Waals surface area contributed by atoms with Gasteiger partial charge in [0.15, 0.2) is 6.10 Å². The number of carbonyl (C=O) groups is 1. The molecule has 0 saturated heterocycles. The maximum absolute atomic E-state index is 11.8. The fraction of sp³-hybridized carbons (Fsp3) is 0.350. The number of phenolic OH excluding ortho intramolecular Hbond substituents is 1. The van der Waals surface area contributed by atoms with Gasteiger partial charge in [-0.25, -0.2) is 4.79 Å². The molecule has 0 saturated carbocycles. The zero-order chi connectivity index (χ0) is 18.6. The molecule has 0 aliphatic carbocycles. The average molecular weight is 360 g/mol. The number of aromatic hydroxyl groups is 1. The molecule has 0 fully saturated rings. The highest BCUT2D eigenvalue weighted by Gasteiger charge is 2.16. The lowest BCUT2D eigenvalue weighted by Gasteiger charge is -2.14. The van der Waals surface area contributed by atoms with E-state index in [1.165, 1.54) is 12.1 Å². The van der Waals surface area contributed by atoms with Crippen molar-refractivity contribution in [3.8, 4) is 11.5 Å². The Balaban J connectivity index is 1.49. The summed E-state index contributed by atoms with van der Waals surface area (Å²) in [4.78, 5) is 11.8. The van der Waals surface area contributed by atoms with Crippen LogP contribution in [0.1, 0.15) is 12.5 Å². The minimum atomic E-state index is -0.742. The standard InChI is InChI=1S/C20H24O6/c1-16(26-19-9-7-18(21)8-10-19)20(22)25-14-13-23-11-12-24-15-17-5-3-2-4-6-17/h2-10,16,21H,11-15H2,1H3. The molecule has 0 amide bonds. The fourth-order valence-corrected chi connectivity index (χ4v) is 2.08. The van der Waals surface area contributed by atoms with Crippen molar-refractivity contribution in [2.24, 2.45) is 0 Å². The van der Waals surface area contributed by atoms with Crippen LogP contribution < -0.4 is 4.74 Å². The molecule has 1 unspecified atom stereocenters. The summed E-state index contributed by atoms with van der Waals surface area (Å²) in [5, 5.41) is 9.21. The van der Waals surface area contributed by atoms with Gasteiger partial charge in [-0.2, -0.15) is 0 Å². The Morgan fingerprint density at radius 1 is 0.923 bits per heavy atom. The van der Waals surface area contributed by atoms with Crippen molar-refractivity contribution < 1.29 is 28.8 Å². The van der Waals surface area contributed by atoms with E-state index in [2.05, 4.69) is 0 Å². The van der Waals surface area contributed by atoms with Crippen molar-refractivity contribution in [2.45, 2.75) is 19.6 Å². The molecular weight excluding hydrogens is 336 g/mol. The van der Waals surface area contributed by atoms with Crippen molar-refractivity contribution in [3.63, 3.8) is 0 Å². The second kappa shape index (κ2) is 11.1. The van der Waals surface area contributed by atoms with Crippen LogP contribution in [-0.4, -0.2) is 43.6 Å². The van der Waals surface area contributed by atoms with Gasteiger partial charge in [0.05, 0.1) is 26.4 Å². The largest absolute Gasteiger partial charge is 0.508 e. The van der Waals surface area contributed by atoms with Crippen LogP contribution in [0.5, 0.6) is 11.5 Å². The maximum atomic E-state index is 11.8. The van der Waals surface area contributed by atoms with E-state index in [0.29, 0.717) is 32.2 Å². The zero-order valence-electron chi connectivity index (χ0n) is 14.8. The van der Waals surface area contributed by atoms with Crippen LogP contribution in [-0.2, 0) is 25.6 Å². The third-order valence-electron chi connectivity index (χ3n) is 3.44. The van der Waals surface area contributed by atoms with Gasteiger partial charge in [0, 0.05) is 0 Å². The molecule has 6 heteroatoms. The van der Waals surface area contributed by atoms with Crippen molar-refractivity contribution in [1.29, 1.82) is 0 Å². The van der Waals surface area contributed by atoms with Crippen LogP contribution in [0.3, 0.4) is 0 Å². The summed E-state index contributed by atoms with van der Waals surface area (Å²) in [7, 11) is 0. The molecule has 1 atom stereocenters. The molecule has 6 nitrogen and oxygen atoms in total. The minimum Gasteiger partial charge on any atom is -0.508 e. The molecule has 2 aromatic carbocycles. The summed E-state index contributed by atoms with van der Waals surface area (Å²) in [6.07, 6.45) is -0.742. The summed E-state index contributed by atoms with van der Waals surface area (Å²) in [6.45, 7) is 3.51. The van der Waals surface area contributed by atoms with Gasteiger partial charge in [-0.1, -0.05) is 30.3 Å². The van der Waals surface area contributed by atoms with Crippen LogP contribution in [0.15, 0.2) is 54.6 Å². The van der Waals surface area contributed by atoms with E-state index in [1.807, 2.05) is 30.3 Å². The predicted molar refractivity (Wildman–Crippen MR) is 96.1 cm³/mol. The smallest absolute Gasteiger partial charge is 0.347 e. The van der Waals surface area contributed by atoms with E-state index in [-0.39, 0.29) is 12.4 Å². The van der Waals surface area contributed by atoms with Crippen molar-refractivity contribution in [2.75, 3.05) is 26.4 Å². The molecule has 0 heterocycles. The van der Waals surface area contributed by atoms with Crippen LogP contribution in [0.4, 0.5) is 0 Å². The monoisotopic (exact) mass is 360 g/mol. The van der Waals surface area contributed by atoms with E-state index in [4.69, 9.17) is 18.9 Å². The average Bonchev–Trinajstić information content (AvgIpc) is 2.66. The second-order valence-corrected chi connectivity index (χ2v) is 5.57. The van der Waals surface area contributed by atoms with Gasteiger partial charge in [0.2, 0.25) is 0 Å². The highest BCUT2D eigenvalue weighted by atomic mass is 16.6. The van der Waals surface area contributed by atoms with Gasteiger partial charge in [-0.3, -0.25) is 0 Å². The van der Waals surface area contributed by atoms with Gasteiger partial charge in [-0.05, 0) is 36.8 Å².